The maximum atomic E-state index is 10.8. The van der Waals surface area contributed by atoms with Crippen LogP contribution in [-0.2, 0) is 9.09 Å². The van der Waals surface area contributed by atoms with Gasteiger partial charge in [-0.15, -0.1) is 0 Å². The zero-order valence-corrected chi connectivity index (χ0v) is 16.3. The van der Waals surface area contributed by atoms with Gasteiger partial charge in [-0.3, -0.25) is 4.57 Å². The normalized spacial score (nSPS) is 12.6. The van der Waals surface area contributed by atoms with Crippen molar-refractivity contribution in [2.24, 2.45) is 0 Å². The molecule has 1 atom stereocenters. The van der Waals surface area contributed by atoms with Crippen molar-refractivity contribution in [2.45, 2.75) is 110 Å². The van der Waals surface area contributed by atoms with Gasteiger partial charge in [0.15, 0.2) is 8.03 Å². The molecule has 0 radical (unpaired) electrons. The molecule has 0 aliphatic rings. The monoisotopic (exact) mass is 332 g/mol. The molecule has 0 fully saturated rings. The van der Waals surface area contributed by atoms with Crippen LogP contribution in [0.4, 0.5) is 0 Å². The smallest absolute Gasteiger partial charge is 0.188 e. The fourth-order valence-electron chi connectivity index (χ4n) is 2.87. The van der Waals surface area contributed by atoms with E-state index in [1.807, 2.05) is 0 Å². The Morgan fingerprint density at radius 2 is 0.909 bits per heavy atom. The summed E-state index contributed by atoms with van der Waals surface area (Å²) in [7, 11) is -1.70. The summed E-state index contributed by atoms with van der Waals surface area (Å²) < 4.78 is 15.9. The number of rotatable bonds is 18. The molecule has 0 spiro atoms. The predicted molar refractivity (Wildman–Crippen MR) is 100 cm³/mol. The molecule has 1 unspecified atom stereocenters. The fraction of sp³-hybridized carbons (Fsp3) is 1.00. The molecule has 0 heterocycles. The lowest BCUT2D eigenvalue weighted by atomic mass is 10.0. The molecule has 134 valence electrons. The van der Waals surface area contributed by atoms with Gasteiger partial charge in [0.05, 0.1) is 6.61 Å². The Morgan fingerprint density at radius 1 is 0.591 bits per heavy atom. The van der Waals surface area contributed by atoms with E-state index in [-0.39, 0.29) is 0 Å². The highest BCUT2D eigenvalue weighted by molar-refractivity contribution is 7.38. The maximum absolute atomic E-state index is 10.8. The Bertz CT molecular complexity index is 231. The van der Waals surface area contributed by atoms with Crippen LogP contribution in [0.1, 0.15) is 110 Å². The van der Waals surface area contributed by atoms with E-state index in [1.54, 1.807) is 6.66 Å². The van der Waals surface area contributed by atoms with Crippen molar-refractivity contribution in [1.82, 2.24) is 0 Å². The van der Waals surface area contributed by atoms with Gasteiger partial charge in [0.25, 0.3) is 0 Å². The van der Waals surface area contributed by atoms with Crippen LogP contribution in [0.3, 0.4) is 0 Å². The topological polar surface area (TPSA) is 26.3 Å². The first kappa shape index (κ1) is 22.2. The van der Waals surface area contributed by atoms with E-state index >= 15 is 0 Å². The van der Waals surface area contributed by atoms with Crippen LogP contribution in [0.2, 0.25) is 0 Å². The number of hydrogen-bond donors (Lipinski definition) is 0. The van der Waals surface area contributed by atoms with E-state index in [1.165, 1.54) is 96.3 Å². The lowest BCUT2D eigenvalue weighted by Crippen LogP contribution is -1.87. The van der Waals surface area contributed by atoms with Crippen LogP contribution >= 0.6 is 8.03 Å². The van der Waals surface area contributed by atoms with Gasteiger partial charge in [-0.1, -0.05) is 103 Å². The molecule has 0 aromatic heterocycles. The van der Waals surface area contributed by atoms with E-state index in [0.29, 0.717) is 6.61 Å². The zero-order valence-electron chi connectivity index (χ0n) is 15.3. The van der Waals surface area contributed by atoms with Gasteiger partial charge in [0.1, 0.15) is 0 Å². The first-order chi connectivity index (χ1) is 10.8. The number of unbranched alkanes of at least 4 members (excludes halogenated alkanes) is 15. The summed E-state index contributed by atoms with van der Waals surface area (Å²) in [4.78, 5) is 0. The molecular weight excluding hydrogens is 291 g/mol. The third kappa shape index (κ3) is 20.2. The second-order valence-corrected chi connectivity index (χ2v) is 7.92. The summed E-state index contributed by atoms with van der Waals surface area (Å²) in [5.74, 6) is 0. The van der Waals surface area contributed by atoms with Crippen LogP contribution in [0.5, 0.6) is 0 Å². The molecule has 3 heteroatoms. The van der Waals surface area contributed by atoms with Crippen molar-refractivity contribution in [2.75, 3.05) is 13.3 Å². The van der Waals surface area contributed by atoms with E-state index < -0.39 is 8.03 Å². The number of hydrogen-bond acceptors (Lipinski definition) is 2. The van der Waals surface area contributed by atoms with Crippen LogP contribution < -0.4 is 0 Å². The van der Waals surface area contributed by atoms with Gasteiger partial charge in [-0.05, 0) is 6.42 Å². The average Bonchev–Trinajstić information content (AvgIpc) is 2.50. The third-order valence-electron chi connectivity index (χ3n) is 4.30. The van der Waals surface area contributed by atoms with E-state index in [9.17, 15) is 4.57 Å². The highest BCUT2D eigenvalue weighted by Gasteiger charge is 1.95. The summed E-state index contributed by atoms with van der Waals surface area (Å²) in [6.45, 7) is 4.63. The standard InChI is InChI=1S/C19H41O2P/c1-3-4-5-6-7-8-9-10-11-12-13-14-15-16-17-18-19-21-22(2)20/h22H,3-19H2,1-2H3. The molecule has 0 rings (SSSR count). The summed E-state index contributed by atoms with van der Waals surface area (Å²) >= 11 is 0. The van der Waals surface area contributed by atoms with Crippen LogP contribution in [0.15, 0.2) is 0 Å². The summed E-state index contributed by atoms with van der Waals surface area (Å²) in [5, 5.41) is 0. The average molecular weight is 333 g/mol. The Kier molecular flexibility index (Phi) is 19.4. The molecule has 0 amide bonds. The second-order valence-electron chi connectivity index (χ2n) is 6.64. The van der Waals surface area contributed by atoms with Gasteiger partial charge < -0.3 is 4.52 Å². The second kappa shape index (κ2) is 19.2. The summed E-state index contributed by atoms with van der Waals surface area (Å²) in [6.07, 6.45) is 22.1. The first-order valence-corrected chi connectivity index (χ1v) is 11.7. The highest BCUT2D eigenvalue weighted by atomic mass is 31.1. The van der Waals surface area contributed by atoms with Crippen molar-refractivity contribution in [3.05, 3.63) is 0 Å². The van der Waals surface area contributed by atoms with Crippen molar-refractivity contribution in [3.8, 4) is 0 Å². The Labute approximate surface area is 140 Å². The van der Waals surface area contributed by atoms with Crippen LogP contribution in [0, 0.1) is 0 Å². The van der Waals surface area contributed by atoms with Crippen LogP contribution in [0.25, 0.3) is 0 Å². The Balaban J connectivity index is 2.95. The van der Waals surface area contributed by atoms with E-state index in [2.05, 4.69) is 6.92 Å². The van der Waals surface area contributed by atoms with Crippen molar-refractivity contribution >= 4 is 8.03 Å². The molecule has 0 aliphatic carbocycles. The molecule has 22 heavy (non-hydrogen) atoms. The maximum Gasteiger partial charge on any atom is 0.188 e. The Morgan fingerprint density at radius 3 is 1.23 bits per heavy atom. The van der Waals surface area contributed by atoms with E-state index in [0.717, 1.165) is 6.42 Å². The molecular formula is C19H41O2P. The van der Waals surface area contributed by atoms with Gasteiger partial charge >= 0.3 is 0 Å². The quantitative estimate of drug-likeness (QED) is 0.193. The van der Waals surface area contributed by atoms with Gasteiger partial charge in [0, 0.05) is 6.66 Å². The molecule has 2 nitrogen and oxygen atoms in total. The largest absolute Gasteiger partial charge is 0.331 e. The molecule has 0 aliphatic heterocycles. The zero-order chi connectivity index (χ0) is 16.3. The van der Waals surface area contributed by atoms with Gasteiger partial charge in [-0.25, -0.2) is 0 Å². The summed E-state index contributed by atoms with van der Waals surface area (Å²) in [5.41, 5.74) is 0. The van der Waals surface area contributed by atoms with E-state index in [4.69, 9.17) is 4.52 Å². The van der Waals surface area contributed by atoms with Gasteiger partial charge in [0.2, 0.25) is 0 Å². The minimum atomic E-state index is -1.70. The minimum absolute atomic E-state index is 0.687. The third-order valence-corrected chi connectivity index (χ3v) is 4.91. The van der Waals surface area contributed by atoms with Gasteiger partial charge in [-0.2, -0.15) is 0 Å². The molecule has 0 bridgehead atoms. The lowest BCUT2D eigenvalue weighted by molar-refractivity contribution is 0.318. The first-order valence-electron chi connectivity index (χ1n) is 9.90. The highest BCUT2D eigenvalue weighted by Crippen LogP contribution is 2.17. The summed E-state index contributed by atoms with van der Waals surface area (Å²) in [6, 6.07) is 0. The van der Waals surface area contributed by atoms with Crippen LogP contribution in [-0.4, -0.2) is 13.3 Å². The lowest BCUT2D eigenvalue weighted by Gasteiger charge is -2.03. The fourth-order valence-corrected chi connectivity index (χ4v) is 3.30. The van der Waals surface area contributed by atoms with Crippen molar-refractivity contribution in [1.29, 1.82) is 0 Å². The molecule has 0 N–H and O–H groups in total. The van der Waals surface area contributed by atoms with Crippen molar-refractivity contribution in [3.63, 3.8) is 0 Å². The Hall–Kier alpha value is 0.190. The van der Waals surface area contributed by atoms with Crippen molar-refractivity contribution < 1.29 is 9.09 Å². The molecule has 0 saturated carbocycles. The molecule has 0 aromatic rings. The SMILES string of the molecule is CCCCCCCCCCCCCCCCCCO[PH](C)=O. The molecule has 0 aromatic carbocycles. The predicted octanol–water partition coefficient (Wildman–Crippen LogP) is 7.37. The molecule has 0 saturated heterocycles. The minimum Gasteiger partial charge on any atom is -0.331 e.